The minimum Gasteiger partial charge on any atom is -0.359 e. The average Bonchev–Trinajstić information content (AvgIpc) is 1.94. The number of nitrogens with zero attached hydrogens (tertiary/aromatic N) is 2. The molecular weight excluding hydrogens is 124 g/mol. The SMILES string of the molecule is CCCC1N=CC=CN1C. The van der Waals surface area contributed by atoms with E-state index in [9.17, 15) is 0 Å². The largest absolute Gasteiger partial charge is 0.359 e. The summed E-state index contributed by atoms with van der Waals surface area (Å²) >= 11 is 0. The number of hydrogen-bond acceptors (Lipinski definition) is 2. The predicted molar refractivity (Wildman–Crippen MR) is 44.1 cm³/mol. The second-order valence-corrected chi connectivity index (χ2v) is 2.57. The molecule has 1 rings (SSSR count). The molecule has 0 aliphatic carbocycles. The Morgan fingerprint density at radius 1 is 1.60 bits per heavy atom. The lowest BCUT2D eigenvalue weighted by atomic mass is 10.2. The van der Waals surface area contributed by atoms with Crippen LogP contribution in [0.1, 0.15) is 19.8 Å². The summed E-state index contributed by atoms with van der Waals surface area (Å²) in [6.07, 6.45) is 8.63. The van der Waals surface area contributed by atoms with Gasteiger partial charge in [-0.1, -0.05) is 13.3 Å². The molecule has 0 bridgehead atoms. The van der Waals surface area contributed by atoms with Crippen molar-refractivity contribution in [3.05, 3.63) is 12.3 Å². The van der Waals surface area contributed by atoms with Gasteiger partial charge in [0.15, 0.2) is 0 Å². The van der Waals surface area contributed by atoms with Gasteiger partial charge in [0.25, 0.3) is 0 Å². The van der Waals surface area contributed by atoms with Crippen LogP contribution in [-0.2, 0) is 0 Å². The summed E-state index contributed by atoms with van der Waals surface area (Å²) in [5, 5.41) is 0. The molecule has 0 aromatic carbocycles. The summed E-state index contributed by atoms with van der Waals surface area (Å²) < 4.78 is 0. The van der Waals surface area contributed by atoms with Crippen molar-refractivity contribution in [1.82, 2.24) is 4.90 Å². The normalized spacial score (nSPS) is 23.8. The monoisotopic (exact) mass is 138 g/mol. The molecule has 56 valence electrons. The molecule has 0 aromatic heterocycles. The van der Waals surface area contributed by atoms with Gasteiger partial charge in [0.2, 0.25) is 0 Å². The summed E-state index contributed by atoms with van der Waals surface area (Å²) in [6, 6.07) is 0. The van der Waals surface area contributed by atoms with E-state index < -0.39 is 0 Å². The summed E-state index contributed by atoms with van der Waals surface area (Å²) in [4.78, 5) is 6.46. The Labute approximate surface area is 62.3 Å². The molecule has 1 atom stereocenters. The lowest BCUT2D eigenvalue weighted by Gasteiger charge is -2.24. The smallest absolute Gasteiger partial charge is 0.120 e. The van der Waals surface area contributed by atoms with Crippen molar-refractivity contribution in [3.63, 3.8) is 0 Å². The summed E-state index contributed by atoms with van der Waals surface area (Å²) in [5.74, 6) is 0. The first-order valence-corrected chi connectivity index (χ1v) is 3.76. The molecule has 0 aromatic rings. The van der Waals surface area contributed by atoms with Gasteiger partial charge < -0.3 is 4.90 Å². The average molecular weight is 138 g/mol. The molecule has 1 aliphatic rings. The predicted octanol–water partition coefficient (Wildman–Crippen LogP) is 1.64. The van der Waals surface area contributed by atoms with E-state index in [-0.39, 0.29) is 0 Å². The lowest BCUT2D eigenvalue weighted by molar-refractivity contribution is 0.317. The Hall–Kier alpha value is -0.790. The Bertz CT molecular complexity index is 149. The Kier molecular flexibility index (Phi) is 2.49. The fourth-order valence-corrected chi connectivity index (χ4v) is 1.06. The van der Waals surface area contributed by atoms with Crippen molar-refractivity contribution in [2.75, 3.05) is 7.05 Å². The third kappa shape index (κ3) is 1.59. The van der Waals surface area contributed by atoms with Gasteiger partial charge in [0, 0.05) is 19.5 Å². The highest BCUT2D eigenvalue weighted by Gasteiger charge is 2.08. The number of aliphatic imine (C=N–C) groups is 1. The molecule has 2 heteroatoms. The maximum absolute atomic E-state index is 4.31. The van der Waals surface area contributed by atoms with E-state index in [2.05, 4.69) is 30.1 Å². The van der Waals surface area contributed by atoms with Gasteiger partial charge in [-0.25, -0.2) is 0 Å². The van der Waals surface area contributed by atoms with Gasteiger partial charge in [-0.2, -0.15) is 0 Å². The number of hydrogen-bond donors (Lipinski definition) is 0. The van der Waals surface area contributed by atoms with E-state index in [0.29, 0.717) is 6.17 Å². The van der Waals surface area contributed by atoms with Crippen LogP contribution < -0.4 is 0 Å². The van der Waals surface area contributed by atoms with Crippen LogP contribution in [0, 0.1) is 0 Å². The van der Waals surface area contributed by atoms with Crippen LogP contribution in [0.2, 0.25) is 0 Å². The van der Waals surface area contributed by atoms with Gasteiger partial charge in [0.05, 0.1) is 0 Å². The van der Waals surface area contributed by atoms with Crippen LogP contribution in [0.25, 0.3) is 0 Å². The van der Waals surface area contributed by atoms with Gasteiger partial charge in [-0.3, -0.25) is 4.99 Å². The summed E-state index contributed by atoms with van der Waals surface area (Å²) in [7, 11) is 2.06. The van der Waals surface area contributed by atoms with Crippen LogP contribution >= 0.6 is 0 Å². The fourth-order valence-electron chi connectivity index (χ4n) is 1.06. The zero-order valence-electron chi connectivity index (χ0n) is 6.62. The topological polar surface area (TPSA) is 15.6 Å². The molecule has 0 radical (unpaired) electrons. The molecule has 0 saturated heterocycles. The summed E-state index contributed by atoms with van der Waals surface area (Å²) in [6.45, 7) is 2.18. The highest BCUT2D eigenvalue weighted by atomic mass is 15.2. The highest BCUT2D eigenvalue weighted by molar-refractivity contribution is 5.71. The first-order valence-electron chi connectivity index (χ1n) is 3.76. The van der Waals surface area contributed by atoms with Crippen molar-refractivity contribution in [1.29, 1.82) is 0 Å². The molecule has 1 unspecified atom stereocenters. The van der Waals surface area contributed by atoms with Crippen LogP contribution in [0.3, 0.4) is 0 Å². The first kappa shape index (κ1) is 7.32. The molecule has 0 amide bonds. The second-order valence-electron chi connectivity index (χ2n) is 2.57. The van der Waals surface area contributed by atoms with E-state index in [1.807, 2.05) is 12.3 Å². The zero-order chi connectivity index (χ0) is 7.40. The van der Waals surface area contributed by atoms with Gasteiger partial charge >= 0.3 is 0 Å². The molecular formula is C8H14N2. The first-order chi connectivity index (χ1) is 4.84. The van der Waals surface area contributed by atoms with Crippen molar-refractivity contribution >= 4 is 6.21 Å². The maximum Gasteiger partial charge on any atom is 0.120 e. The molecule has 0 fully saturated rings. The van der Waals surface area contributed by atoms with E-state index in [0.717, 1.165) is 6.42 Å². The maximum atomic E-state index is 4.31. The molecule has 0 N–H and O–H groups in total. The molecule has 1 aliphatic heterocycles. The van der Waals surface area contributed by atoms with Crippen molar-refractivity contribution in [3.8, 4) is 0 Å². The number of allylic oxidation sites excluding steroid dienone is 1. The quantitative estimate of drug-likeness (QED) is 0.566. The molecule has 0 saturated carbocycles. The van der Waals surface area contributed by atoms with Gasteiger partial charge in [-0.15, -0.1) is 0 Å². The standard InChI is InChI=1S/C8H14N2/c1-3-5-8-9-6-4-7-10(8)2/h4,6-8H,3,5H2,1-2H3. The van der Waals surface area contributed by atoms with Crippen LogP contribution in [0.5, 0.6) is 0 Å². The van der Waals surface area contributed by atoms with Crippen LogP contribution in [0.15, 0.2) is 17.3 Å². The Balaban J connectivity index is 2.44. The number of rotatable bonds is 2. The molecule has 2 nitrogen and oxygen atoms in total. The molecule has 10 heavy (non-hydrogen) atoms. The van der Waals surface area contributed by atoms with Gasteiger partial charge in [-0.05, 0) is 12.5 Å². The second kappa shape index (κ2) is 3.40. The summed E-state index contributed by atoms with van der Waals surface area (Å²) in [5.41, 5.74) is 0. The van der Waals surface area contributed by atoms with E-state index in [1.165, 1.54) is 6.42 Å². The van der Waals surface area contributed by atoms with E-state index >= 15 is 0 Å². The Morgan fingerprint density at radius 3 is 3.00 bits per heavy atom. The lowest BCUT2D eigenvalue weighted by Crippen LogP contribution is -2.26. The van der Waals surface area contributed by atoms with Crippen LogP contribution in [-0.4, -0.2) is 24.3 Å². The highest BCUT2D eigenvalue weighted by Crippen LogP contribution is 2.08. The van der Waals surface area contributed by atoms with Crippen molar-refractivity contribution in [2.45, 2.75) is 25.9 Å². The van der Waals surface area contributed by atoms with Crippen LogP contribution in [0.4, 0.5) is 0 Å². The third-order valence-corrected chi connectivity index (χ3v) is 1.68. The zero-order valence-corrected chi connectivity index (χ0v) is 6.62. The third-order valence-electron chi connectivity index (χ3n) is 1.68. The molecule has 0 spiro atoms. The van der Waals surface area contributed by atoms with E-state index in [1.54, 1.807) is 0 Å². The minimum atomic E-state index is 0.384. The van der Waals surface area contributed by atoms with Crippen molar-refractivity contribution < 1.29 is 0 Å². The van der Waals surface area contributed by atoms with Gasteiger partial charge in [0.1, 0.15) is 6.17 Å². The Morgan fingerprint density at radius 2 is 2.40 bits per heavy atom. The molecule has 1 heterocycles. The van der Waals surface area contributed by atoms with Crippen molar-refractivity contribution in [2.24, 2.45) is 4.99 Å². The fraction of sp³-hybridized carbons (Fsp3) is 0.625. The van der Waals surface area contributed by atoms with E-state index in [4.69, 9.17) is 0 Å². The minimum absolute atomic E-state index is 0.384.